The normalized spacial score (nSPS) is 15.5. The molecule has 0 aromatic heterocycles. The summed E-state index contributed by atoms with van der Waals surface area (Å²) >= 11 is 0. The lowest BCUT2D eigenvalue weighted by Gasteiger charge is -2.27. The second kappa shape index (κ2) is 7.94. The molecule has 0 aliphatic carbocycles. The molecule has 0 spiro atoms. The number of methoxy groups -OCH3 is 2. The Hall–Kier alpha value is -3.14. The molecule has 0 saturated carbocycles. The van der Waals surface area contributed by atoms with Gasteiger partial charge in [0, 0.05) is 13.1 Å². The van der Waals surface area contributed by atoms with Gasteiger partial charge in [0.25, 0.3) is 15.9 Å². The molecule has 0 radical (unpaired) electrons. The zero-order valence-electron chi connectivity index (χ0n) is 16.9. The summed E-state index contributed by atoms with van der Waals surface area (Å²) in [6.45, 7) is 1.05. The van der Waals surface area contributed by atoms with E-state index in [9.17, 15) is 22.4 Å². The Morgan fingerprint density at radius 1 is 1.13 bits per heavy atom. The Bertz CT molecular complexity index is 1100. The average molecular weight is 436 g/mol. The van der Waals surface area contributed by atoms with Crippen LogP contribution >= 0.6 is 0 Å². The molecule has 1 aliphatic rings. The van der Waals surface area contributed by atoms with Crippen molar-refractivity contribution < 1.29 is 31.9 Å². The number of benzene rings is 2. The maximum Gasteiger partial charge on any atom is 0.269 e. The molecule has 0 N–H and O–H groups in total. The summed E-state index contributed by atoms with van der Waals surface area (Å²) in [5.74, 6) is -1.45. The predicted molar refractivity (Wildman–Crippen MR) is 105 cm³/mol. The second-order valence-corrected chi connectivity index (χ2v) is 8.58. The van der Waals surface area contributed by atoms with E-state index in [1.165, 1.54) is 62.6 Å². The van der Waals surface area contributed by atoms with Crippen LogP contribution in [0.2, 0.25) is 0 Å². The quantitative estimate of drug-likeness (QED) is 0.689. The molecular weight excluding hydrogens is 415 g/mol. The summed E-state index contributed by atoms with van der Waals surface area (Å²) in [5, 5.41) is 0. The van der Waals surface area contributed by atoms with E-state index in [1.807, 2.05) is 0 Å². The van der Waals surface area contributed by atoms with Crippen LogP contribution in [0.4, 0.5) is 4.39 Å². The number of likely N-dealkylation sites (N-methyl/N-ethyl adjacent to an activating group) is 1. The SMILES string of the molecule is COc1cc2c(cc1OC)S(=O)(=O)N(CC(=O)N(C)C(C)c1ccc(F)cc1)C2=O. The lowest BCUT2D eigenvalue weighted by molar-refractivity contribution is -0.131. The Labute approximate surface area is 173 Å². The summed E-state index contributed by atoms with van der Waals surface area (Å²) in [6, 6.07) is 7.65. The summed E-state index contributed by atoms with van der Waals surface area (Å²) in [4.78, 5) is 26.6. The summed E-state index contributed by atoms with van der Waals surface area (Å²) in [7, 11) is -0.0234. The monoisotopic (exact) mass is 436 g/mol. The first-order valence-electron chi connectivity index (χ1n) is 8.96. The third kappa shape index (κ3) is 3.58. The molecule has 0 bridgehead atoms. The van der Waals surface area contributed by atoms with E-state index in [-0.39, 0.29) is 22.0 Å². The van der Waals surface area contributed by atoms with Crippen molar-refractivity contribution >= 4 is 21.8 Å². The molecule has 10 heteroatoms. The Morgan fingerprint density at radius 2 is 1.70 bits per heavy atom. The molecule has 2 aromatic carbocycles. The molecular formula is C20H21FN2O6S. The highest BCUT2D eigenvalue weighted by Crippen LogP contribution is 2.38. The number of sulfonamides is 1. The van der Waals surface area contributed by atoms with Crippen molar-refractivity contribution in [3.05, 3.63) is 53.3 Å². The highest BCUT2D eigenvalue weighted by Gasteiger charge is 2.43. The van der Waals surface area contributed by atoms with Crippen molar-refractivity contribution in [2.45, 2.75) is 17.9 Å². The van der Waals surface area contributed by atoms with Crippen molar-refractivity contribution in [1.82, 2.24) is 9.21 Å². The van der Waals surface area contributed by atoms with Gasteiger partial charge in [-0.05, 0) is 30.7 Å². The van der Waals surface area contributed by atoms with Crippen LogP contribution in [0, 0.1) is 5.82 Å². The maximum absolute atomic E-state index is 13.1. The number of rotatable bonds is 6. The van der Waals surface area contributed by atoms with E-state index in [4.69, 9.17) is 9.47 Å². The van der Waals surface area contributed by atoms with Crippen LogP contribution < -0.4 is 9.47 Å². The number of nitrogens with zero attached hydrogens (tertiary/aromatic N) is 2. The van der Waals surface area contributed by atoms with Crippen LogP contribution in [0.25, 0.3) is 0 Å². The van der Waals surface area contributed by atoms with E-state index in [1.54, 1.807) is 6.92 Å². The zero-order chi connectivity index (χ0) is 22.2. The molecule has 0 fully saturated rings. The Balaban J connectivity index is 1.86. The molecule has 1 atom stereocenters. The van der Waals surface area contributed by atoms with Crippen molar-refractivity contribution in [2.75, 3.05) is 27.8 Å². The standard InChI is InChI=1S/C20H21FN2O6S/c1-12(13-5-7-14(21)8-6-13)22(2)19(24)11-23-20(25)15-9-16(28-3)17(29-4)10-18(15)30(23,26)27/h5-10,12H,11H2,1-4H3. The van der Waals surface area contributed by atoms with Crippen LogP contribution in [0.15, 0.2) is 41.3 Å². The second-order valence-electron chi connectivity index (χ2n) is 6.75. The largest absolute Gasteiger partial charge is 0.493 e. The number of halogens is 1. The zero-order valence-corrected chi connectivity index (χ0v) is 17.7. The van der Waals surface area contributed by atoms with E-state index < -0.39 is 40.2 Å². The molecule has 3 rings (SSSR count). The molecule has 0 saturated heterocycles. The smallest absolute Gasteiger partial charge is 0.269 e. The fraction of sp³-hybridized carbons (Fsp3) is 0.300. The molecule has 1 heterocycles. The molecule has 8 nitrogen and oxygen atoms in total. The lowest BCUT2D eigenvalue weighted by atomic mass is 10.1. The first-order valence-corrected chi connectivity index (χ1v) is 10.4. The number of hydrogen-bond acceptors (Lipinski definition) is 6. The molecule has 160 valence electrons. The van der Waals surface area contributed by atoms with Gasteiger partial charge in [0.15, 0.2) is 11.5 Å². The summed E-state index contributed by atoms with van der Waals surface area (Å²) in [5.41, 5.74) is 0.579. The molecule has 30 heavy (non-hydrogen) atoms. The van der Waals surface area contributed by atoms with E-state index in [2.05, 4.69) is 0 Å². The minimum Gasteiger partial charge on any atom is -0.493 e. The molecule has 1 aliphatic heterocycles. The van der Waals surface area contributed by atoms with Gasteiger partial charge in [-0.25, -0.2) is 17.1 Å². The average Bonchev–Trinajstić information content (AvgIpc) is 2.92. The van der Waals surface area contributed by atoms with Gasteiger partial charge >= 0.3 is 0 Å². The first-order chi connectivity index (χ1) is 14.1. The summed E-state index contributed by atoms with van der Waals surface area (Å²) in [6.07, 6.45) is 0. The van der Waals surface area contributed by atoms with Crippen LogP contribution in [0.3, 0.4) is 0 Å². The van der Waals surface area contributed by atoms with Gasteiger partial charge in [-0.3, -0.25) is 9.59 Å². The third-order valence-electron chi connectivity index (χ3n) is 5.12. The predicted octanol–water partition coefficient (Wildman–Crippen LogP) is 2.21. The number of hydrogen-bond donors (Lipinski definition) is 0. The highest BCUT2D eigenvalue weighted by molar-refractivity contribution is 7.90. The van der Waals surface area contributed by atoms with Crippen molar-refractivity contribution in [3.63, 3.8) is 0 Å². The van der Waals surface area contributed by atoms with Crippen LogP contribution in [0.1, 0.15) is 28.9 Å². The van der Waals surface area contributed by atoms with Gasteiger partial charge in [-0.1, -0.05) is 12.1 Å². The highest BCUT2D eigenvalue weighted by atomic mass is 32.2. The number of amides is 2. The van der Waals surface area contributed by atoms with Gasteiger partial charge in [-0.2, -0.15) is 0 Å². The fourth-order valence-electron chi connectivity index (χ4n) is 3.18. The Kier molecular flexibility index (Phi) is 5.71. The van der Waals surface area contributed by atoms with Crippen molar-refractivity contribution in [3.8, 4) is 11.5 Å². The third-order valence-corrected chi connectivity index (χ3v) is 6.89. The van der Waals surface area contributed by atoms with Gasteiger partial charge < -0.3 is 14.4 Å². The van der Waals surface area contributed by atoms with E-state index in [0.29, 0.717) is 9.87 Å². The van der Waals surface area contributed by atoms with Crippen LogP contribution in [-0.2, 0) is 14.8 Å². The van der Waals surface area contributed by atoms with E-state index in [0.717, 1.165) is 0 Å². The number of carbonyl (C=O) groups excluding carboxylic acids is 2. The van der Waals surface area contributed by atoms with E-state index >= 15 is 0 Å². The molecule has 2 amide bonds. The van der Waals surface area contributed by atoms with Gasteiger partial charge in [0.05, 0.1) is 25.8 Å². The first kappa shape index (κ1) is 21.6. The van der Waals surface area contributed by atoms with Crippen LogP contribution in [-0.4, -0.2) is 57.2 Å². The maximum atomic E-state index is 13.1. The van der Waals surface area contributed by atoms with Gasteiger partial charge in [-0.15, -0.1) is 0 Å². The number of carbonyl (C=O) groups is 2. The molecule has 1 unspecified atom stereocenters. The topological polar surface area (TPSA) is 93.2 Å². The minimum atomic E-state index is -4.23. The number of fused-ring (bicyclic) bond motifs is 1. The van der Waals surface area contributed by atoms with Crippen molar-refractivity contribution in [2.24, 2.45) is 0 Å². The minimum absolute atomic E-state index is 0.0883. The van der Waals surface area contributed by atoms with Crippen LogP contribution in [0.5, 0.6) is 11.5 Å². The fourth-order valence-corrected chi connectivity index (χ4v) is 4.69. The van der Waals surface area contributed by atoms with Gasteiger partial charge in [0.1, 0.15) is 17.3 Å². The molecule has 2 aromatic rings. The lowest BCUT2D eigenvalue weighted by Crippen LogP contribution is -2.42. The summed E-state index contributed by atoms with van der Waals surface area (Å²) < 4.78 is 49.7. The van der Waals surface area contributed by atoms with Gasteiger partial charge in [0.2, 0.25) is 5.91 Å². The Morgan fingerprint density at radius 3 is 2.27 bits per heavy atom. The number of ether oxygens (including phenoxy) is 2. The van der Waals surface area contributed by atoms with Crippen molar-refractivity contribution in [1.29, 1.82) is 0 Å².